The first-order chi connectivity index (χ1) is 8.99. The summed E-state index contributed by atoms with van der Waals surface area (Å²) in [6.45, 7) is 1.89. The Balaban J connectivity index is 2.30. The molecular formula is C15H16N2O2. The number of amides is 1. The van der Waals surface area contributed by atoms with Crippen molar-refractivity contribution in [1.29, 1.82) is 0 Å². The summed E-state index contributed by atoms with van der Waals surface area (Å²) in [6.07, 6.45) is 0. The number of rotatable bonds is 2. The minimum atomic E-state index is -0.169. The molecule has 0 atom stereocenters. The number of hydrogen-bond donors (Lipinski definition) is 2. The summed E-state index contributed by atoms with van der Waals surface area (Å²) in [6, 6.07) is 11.8. The van der Waals surface area contributed by atoms with E-state index in [0.717, 1.165) is 5.56 Å². The highest BCUT2D eigenvalue weighted by molar-refractivity contribution is 6.06. The molecule has 98 valence electrons. The van der Waals surface area contributed by atoms with Gasteiger partial charge in [-0.25, -0.2) is 0 Å². The van der Waals surface area contributed by atoms with E-state index in [4.69, 9.17) is 5.73 Å². The predicted octanol–water partition coefficient (Wildman–Crippen LogP) is 2.56. The zero-order valence-electron chi connectivity index (χ0n) is 10.9. The third-order valence-electron chi connectivity index (χ3n) is 3.05. The summed E-state index contributed by atoms with van der Waals surface area (Å²) >= 11 is 0. The Bertz CT molecular complexity index is 623. The smallest absolute Gasteiger partial charge is 0.258 e. The lowest BCUT2D eigenvalue weighted by atomic mass is 10.1. The van der Waals surface area contributed by atoms with Gasteiger partial charge in [0.2, 0.25) is 0 Å². The highest BCUT2D eigenvalue weighted by Crippen LogP contribution is 2.21. The first-order valence-corrected chi connectivity index (χ1v) is 5.92. The van der Waals surface area contributed by atoms with Gasteiger partial charge in [0.05, 0.1) is 0 Å². The Kier molecular flexibility index (Phi) is 3.42. The quantitative estimate of drug-likeness (QED) is 0.811. The van der Waals surface area contributed by atoms with Gasteiger partial charge in [0.15, 0.2) is 0 Å². The van der Waals surface area contributed by atoms with Crippen molar-refractivity contribution in [3.63, 3.8) is 0 Å². The van der Waals surface area contributed by atoms with E-state index < -0.39 is 0 Å². The largest absolute Gasteiger partial charge is 0.508 e. The minimum Gasteiger partial charge on any atom is -0.508 e. The van der Waals surface area contributed by atoms with Crippen molar-refractivity contribution in [3.05, 3.63) is 53.6 Å². The zero-order chi connectivity index (χ0) is 14.0. The Labute approximate surface area is 112 Å². The van der Waals surface area contributed by atoms with Gasteiger partial charge in [0.25, 0.3) is 5.91 Å². The normalized spacial score (nSPS) is 10.2. The molecule has 0 unspecified atom stereocenters. The van der Waals surface area contributed by atoms with Crippen LogP contribution in [0.4, 0.5) is 11.4 Å². The molecule has 3 N–H and O–H groups in total. The summed E-state index contributed by atoms with van der Waals surface area (Å²) in [5, 5.41) is 9.44. The van der Waals surface area contributed by atoms with Crippen molar-refractivity contribution in [2.24, 2.45) is 0 Å². The van der Waals surface area contributed by atoms with Crippen molar-refractivity contribution in [2.45, 2.75) is 6.92 Å². The Morgan fingerprint density at radius 2 is 1.95 bits per heavy atom. The summed E-state index contributed by atoms with van der Waals surface area (Å²) in [7, 11) is 1.66. The molecule has 4 heteroatoms. The fourth-order valence-corrected chi connectivity index (χ4v) is 1.79. The molecule has 0 radical (unpaired) electrons. The number of benzene rings is 2. The van der Waals surface area contributed by atoms with E-state index in [-0.39, 0.29) is 11.7 Å². The molecule has 2 aromatic rings. The van der Waals surface area contributed by atoms with E-state index in [1.807, 2.05) is 13.0 Å². The average molecular weight is 256 g/mol. The van der Waals surface area contributed by atoms with Crippen LogP contribution in [0.25, 0.3) is 0 Å². The molecule has 0 heterocycles. The summed E-state index contributed by atoms with van der Waals surface area (Å²) in [5.74, 6) is -0.0436. The molecular weight excluding hydrogens is 240 g/mol. The maximum Gasteiger partial charge on any atom is 0.258 e. The van der Waals surface area contributed by atoms with Gasteiger partial charge in [-0.2, -0.15) is 0 Å². The lowest BCUT2D eigenvalue weighted by Crippen LogP contribution is -2.26. The number of carbonyl (C=O) groups is 1. The van der Waals surface area contributed by atoms with Gasteiger partial charge in [-0.1, -0.05) is 12.1 Å². The van der Waals surface area contributed by atoms with Crippen molar-refractivity contribution in [2.75, 3.05) is 17.7 Å². The lowest BCUT2D eigenvalue weighted by molar-refractivity contribution is 0.0993. The molecule has 0 aliphatic heterocycles. The van der Waals surface area contributed by atoms with Crippen LogP contribution in [0.5, 0.6) is 5.75 Å². The number of nitrogens with zero attached hydrogens (tertiary/aromatic N) is 1. The van der Waals surface area contributed by atoms with Crippen LogP contribution in [0.15, 0.2) is 42.5 Å². The number of phenols is 1. The molecule has 0 fully saturated rings. The summed E-state index contributed by atoms with van der Waals surface area (Å²) in [5.41, 5.74) is 8.50. The van der Waals surface area contributed by atoms with Crippen LogP contribution >= 0.6 is 0 Å². The van der Waals surface area contributed by atoms with E-state index >= 15 is 0 Å². The first-order valence-electron chi connectivity index (χ1n) is 5.92. The van der Waals surface area contributed by atoms with Crippen LogP contribution < -0.4 is 10.6 Å². The van der Waals surface area contributed by atoms with Crippen LogP contribution in [0, 0.1) is 6.92 Å². The molecule has 0 aliphatic rings. The molecule has 0 saturated carbocycles. The Morgan fingerprint density at radius 3 is 2.58 bits per heavy atom. The van der Waals surface area contributed by atoms with Crippen molar-refractivity contribution >= 4 is 17.3 Å². The molecule has 0 aromatic heterocycles. The standard InChI is InChI=1S/C15H16N2O2/c1-10-6-7-11(8-14(10)16)15(19)17(2)12-4-3-5-13(18)9-12/h3-9,18H,16H2,1-2H3. The van der Waals surface area contributed by atoms with E-state index in [2.05, 4.69) is 0 Å². The molecule has 0 bridgehead atoms. The fraction of sp³-hybridized carbons (Fsp3) is 0.133. The van der Waals surface area contributed by atoms with Crippen LogP contribution in [-0.4, -0.2) is 18.1 Å². The SMILES string of the molecule is Cc1ccc(C(=O)N(C)c2cccc(O)c2)cc1N. The van der Waals surface area contributed by atoms with Gasteiger partial charge in [-0.3, -0.25) is 4.79 Å². The Morgan fingerprint density at radius 1 is 1.21 bits per heavy atom. The molecule has 19 heavy (non-hydrogen) atoms. The fourth-order valence-electron chi connectivity index (χ4n) is 1.79. The van der Waals surface area contributed by atoms with E-state index in [1.165, 1.54) is 11.0 Å². The molecule has 2 aromatic carbocycles. The number of nitrogens with two attached hydrogens (primary N) is 1. The monoisotopic (exact) mass is 256 g/mol. The second-order valence-electron chi connectivity index (χ2n) is 4.46. The highest BCUT2D eigenvalue weighted by atomic mass is 16.3. The topological polar surface area (TPSA) is 66.6 Å². The number of nitrogen functional groups attached to an aromatic ring is 1. The zero-order valence-corrected chi connectivity index (χ0v) is 10.9. The minimum absolute atomic E-state index is 0.126. The maximum atomic E-state index is 12.3. The van der Waals surface area contributed by atoms with Gasteiger partial charge in [-0.05, 0) is 36.8 Å². The molecule has 2 rings (SSSR count). The second kappa shape index (κ2) is 5.02. The van der Waals surface area contributed by atoms with Crippen molar-refractivity contribution in [1.82, 2.24) is 0 Å². The number of aromatic hydroxyl groups is 1. The predicted molar refractivity (Wildman–Crippen MR) is 76.4 cm³/mol. The average Bonchev–Trinajstić information content (AvgIpc) is 2.40. The molecule has 0 spiro atoms. The van der Waals surface area contributed by atoms with E-state index in [1.54, 1.807) is 37.4 Å². The number of anilines is 2. The van der Waals surface area contributed by atoms with Gasteiger partial charge < -0.3 is 15.7 Å². The number of phenolic OH excluding ortho intramolecular Hbond substituents is 1. The second-order valence-corrected chi connectivity index (χ2v) is 4.46. The van der Waals surface area contributed by atoms with Gasteiger partial charge in [0.1, 0.15) is 5.75 Å². The first kappa shape index (κ1) is 13.0. The molecule has 0 saturated heterocycles. The molecule has 4 nitrogen and oxygen atoms in total. The molecule has 1 amide bonds. The third kappa shape index (κ3) is 2.68. The van der Waals surface area contributed by atoms with Gasteiger partial charge >= 0.3 is 0 Å². The van der Waals surface area contributed by atoms with Gasteiger partial charge in [0, 0.05) is 30.1 Å². The van der Waals surface area contributed by atoms with Crippen LogP contribution in [0.2, 0.25) is 0 Å². The summed E-state index contributed by atoms with van der Waals surface area (Å²) < 4.78 is 0. The number of carbonyl (C=O) groups excluding carboxylic acids is 1. The van der Waals surface area contributed by atoms with Crippen molar-refractivity contribution in [3.8, 4) is 5.75 Å². The van der Waals surface area contributed by atoms with Gasteiger partial charge in [-0.15, -0.1) is 0 Å². The van der Waals surface area contributed by atoms with Crippen LogP contribution in [0.3, 0.4) is 0 Å². The van der Waals surface area contributed by atoms with E-state index in [9.17, 15) is 9.90 Å². The molecule has 0 aliphatic carbocycles. The highest BCUT2D eigenvalue weighted by Gasteiger charge is 2.14. The summed E-state index contributed by atoms with van der Waals surface area (Å²) in [4.78, 5) is 13.8. The lowest BCUT2D eigenvalue weighted by Gasteiger charge is -2.18. The Hall–Kier alpha value is -2.49. The number of hydrogen-bond acceptors (Lipinski definition) is 3. The van der Waals surface area contributed by atoms with E-state index in [0.29, 0.717) is 16.9 Å². The van der Waals surface area contributed by atoms with Crippen molar-refractivity contribution < 1.29 is 9.90 Å². The van der Waals surface area contributed by atoms with Crippen LogP contribution in [-0.2, 0) is 0 Å². The number of aryl methyl sites for hydroxylation is 1. The maximum absolute atomic E-state index is 12.3. The third-order valence-corrected chi connectivity index (χ3v) is 3.05. The van der Waals surface area contributed by atoms with Crippen LogP contribution in [0.1, 0.15) is 15.9 Å².